The van der Waals surface area contributed by atoms with Crippen LogP contribution >= 0.6 is 11.6 Å². The van der Waals surface area contributed by atoms with Crippen LogP contribution in [0, 0.1) is 11.8 Å². The molecule has 0 spiro atoms. The molecule has 2 unspecified atom stereocenters. The summed E-state index contributed by atoms with van der Waals surface area (Å²) in [6.07, 6.45) is 3.82. The van der Waals surface area contributed by atoms with E-state index >= 15 is 0 Å². The minimum Gasteiger partial charge on any atom is -0.381 e. The summed E-state index contributed by atoms with van der Waals surface area (Å²) in [5.74, 6) is 2.30. The van der Waals surface area contributed by atoms with Gasteiger partial charge in [0.25, 0.3) is 0 Å². The molecular weight excluding hydrogens is 160 g/mol. The van der Waals surface area contributed by atoms with E-state index in [9.17, 15) is 0 Å². The Morgan fingerprint density at radius 2 is 2.45 bits per heavy atom. The molecule has 0 aromatic heterocycles. The highest BCUT2D eigenvalue weighted by Gasteiger charge is 2.15. The van der Waals surface area contributed by atoms with Gasteiger partial charge in [-0.05, 0) is 31.1 Å². The van der Waals surface area contributed by atoms with Crippen molar-refractivity contribution in [3.63, 3.8) is 0 Å². The molecule has 0 aromatic carbocycles. The van der Waals surface area contributed by atoms with Crippen molar-refractivity contribution in [3.05, 3.63) is 0 Å². The molecule has 0 bridgehead atoms. The van der Waals surface area contributed by atoms with Gasteiger partial charge in [-0.3, -0.25) is 0 Å². The number of alkyl halides is 1. The highest BCUT2D eigenvalue weighted by Crippen LogP contribution is 2.20. The van der Waals surface area contributed by atoms with Crippen LogP contribution in [0.4, 0.5) is 0 Å². The Morgan fingerprint density at radius 1 is 1.64 bits per heavy atom. The minimum absolute atomic E-state index is 0.678. The number of ether oxygens (including phenoxy) is 1. The molecule has 1 rings (SSSR count). The molecule has 0 N–H and O–H groups in total. The first kappa shape index (κ1) is 9.34. The minimum atomic E-state index is 0.678. The van der Waals surface area contributed by atoms with Crippen LogP contribution in [0.1, 0.15) is 26.2 Å². The summed E-state index contributed by atoms with van der Waals surface area (Å²) in [6, 6.07) is 0. The van der Waals surface area contributed by atoms with Gasteiger partial charge in [0.15, 0.2) is 0 Å². The fourth-order valence-corrected chi connectivity index (χ4v) is 1.56. The Kier molecular flexibility index (Phi) is 4.24. The average Bonchev–Trinajstić information content (AvgIpc) is 2.52. The molecule has 1 nitrogen and oxygen atoms in total. The van der Waals surface area contributed by atoms with Crippen LogP contribution in [-0.4, -0.2) is 19.1 Å². The Morgan fingerprint density at radius 3 is 3.00 bits per heavy atom. The second-order valence-corrected chi connectivity index (χ2v) is 3.88. The molecule has 1 fully saturated rings. The van der Waals surface area contributed by atoms with Crippen molar-refractivity contribution < 1.29 is 4.74 Å². The molecule has 1 aliphatic rings. The third-order valence-electron chi connectivity index (χ3n) is 2.36. The number of halogens is 1. The van der Waals surface area contributed by atoms with E-state index in [0.29, 0.717) is 5.92 Å². The molecule has 0 aliphatic carbocycles. The van der Waals surface area contributed by atoms with Crippen molar-refractivity contribution >= 4 is 11.6 Å². The van der Waals surface area contributed by atoms with E-state index in [2.05, 4.69) is 6.92 Å². The zero-order valence-electron chi connectivity index (χ0n) is 7.18. The molecule has 66 valence electrons. The molecule has 0 radical (unpaired) electrons. The third-order valence-corrected chi connectivity index (χ3v) is 2.88. The standard InChI is InChI=1S/C9H17ClO/c1-8(6-10)2-3-9-4-5-11-7-9/h8-9H,2-7H2,1H3. The molecular formula is C9H17ClO. The fraction of sp³-hybridized carbons (Fsp3) is 1.00. The lowest BCUT2D eigenvalue weighted by Crippen LogP contribution is -2.03. The number of hydrogen-bond acceptors (Lipinski definition) is 1. The fourth-order valence-electron chi connectivity index (χ4n) is 1.41. The van der Waals surface area contributed by atoms with Crippen LogP contribution in [0.3, 0.4) is 0 Å². The SMILES string of the molecule is CC(CCl)CCC1CCOC1. The molecule has 1 saturated heterocycles. The van der Waals surface area contributed by atoms with Crippen LogP contribution in [-0.2, 0) is 4.74 Å². The average molecular weight is 177 g/mol. The molecule has 1 heterocycles. The van der Waals surface area contributed by atoms with E-state index in [1.807, 2.05) is 0 Å². The maximum Gasteiger partial charge on any atom is 0.0495 e. The van der Waals surface area contributed by atoms with Gasteiger partial charge in [-0.1, -0.05) is 6.92 Å². The highest BCUT2D eigenvalue weighted by molar-refractivity contribution is 6.18. The number of rotatable bonds is 4. The highest BCUT2D eigenvalue weighted by atomic mass is 35.5. The molecule has 0 amide bonds. The lowest BCUT2D eigenvalue weighted by Gasteiger charge is -2.10. The van der Waals surface area contributed by atoms with Gasteiger partial charge in [-0.25, -0.2) is 0 Å². The van der Waals surface area contributed by atoms with Gasteiger partial charge >= 0.3 is 0 Å². The van der Waals surface area contributed by atoms with E-state index in [4.69, 9.17) is 16.3 Å². The van der Waals surface area contributed by atoms with Crippen molar-refractivity contribution in [1.82, 2.24) is 0 Å². The van der Waals surface area contributed by atoms with E-state index in [1.54, 1.807) is 0 Å². The molecule has 0 saturated carbocycles. The zero-order chi connectivity index (χ0) is 8.10. The molecule has 2 atom stereocenters. The van der Waals surface area contributed by atoms with Gasteiger partial charge in [0.1, 0.15) is 0 Å². The van der Waals surface area contributed by atoms with Crippen molar-refractivity contribution in [2.75, 3.05) is 19.1 Å². The first-order chi connectivity index (χ1) is 5.33. The van der Waals surface area contributed by atoms with Gasteiger partial charge in [-0.15, -0.1) is 11.6 Å². The Labute approximate surface area is 74.1 Å². The lowest BCUT2D eigenvalue weighted by molar-refractivity contribution is 0.183. The van der Waals surface area contributed by atoms with Gasteiger partial charge in [0, 0.05) is 19.1 Å². The first-order valence-electron chi connectivity index (χ1n) is 4.46. The molecule has 11 heavy (non-hydrogen) atoms. The van der Waals surface area contributed by atoms with Crippen molar-refractivity contribution in [1.29, 1.82) is 0 Å². The lowest BCUT2D eigenvalue weighted by atomic mass is 9.97. The Hall–Kier alpha value is 0.250. The summed E-state index contributed by atoms with van der Waals surface area (Å²) < 4.78 is 5.29. The Bertz CT molecular complexity index is 99.7. The Balaban J connectivity index is 2.01. The smallest absolute Gasteiger partial charge is 0.0495 e. The van der Waals surface area contributed by atoms with Gasteiger partial charge < -0.3 is 4.74 Å². The largest absolute Gasteiger partial charge is 0.381 e. The summed E-state index contributed by atoms with van der Waals surface area (Å²) in [5, 5.41) is 0. The summed E-state index contributed by atoms with van der Waals surface area (Å²) in [7, 11) is 0. The topological polar surface area (TPSA) is 9.23 Å². The van der Waals surface area contributed by atoms with Crippen molar-refractivity contribution in [2.45, 2.75) is 26.2 Å². The second kappa shape index (κ2) is 5.00. The summed E-state index contributed by atoms with van der Waals surface area (Å²) >= 11 is 5.71. The summed E-state index contributed by atoms with van der Waals surface area (Å²) in [4.78, 5) is 0. The molecule has 2 heteroatoms. The quantitative estimate of drug-likeness (QED) is 0.599. The summed E-state index contributed by atoms with van der Waals surface area (Å²) in [6.45, 7) is 4.16. The predicted octanol–water partition coefficient (Wildman–Crippen LogP) is 2.68. The van der Waals surface area contributed by atoms with E-state index in [1.165, 1.54) is 19.3 Å². The first-order valence-corrected chi connectivity index (χ1v) is 5.00. The monoisotopic (exact) mass is 176 g/mol. The van der Waals surface area contributed by atoms with Crippen LogP contribution in [0.25, 0.3) is 0 Å². The maximum absolute atomic E-state index is 5.71. The van der Waals surface area contributed by atoms with Crippen molar-refractivity contribution in [2.24, 2.45) is 11.8 Å². The molecule has 1 aliphatic heterocycles. The van der Waals surface area contributed by atoms with Gasteiger partial charge in [-0.2, -0.15) is 0 Å². The van der Waals surface area contributed by atoms with Crippen LogP contribution < -0.4 is 0 Å². The normalized spacial score (nSPS) is 27.3. The zero-order valence-corrected chi connectivity index (χ0v) is 7.94. The van der Waals surface area contributed by atoms with E-state index < -0.39 is 0 Å². The van der Waals surface area contributed by atoms with E-state index in [-0.39, 0.29) is 0 Å². The number of hydrogen-bond donors (Lipinski definition) is 0. The van der Waals surface area contributed by atoms with E-state index in [0.717, 1.165) is 25.0 Å². The van der Waals surface area contributed by atoms with Crippen LogP contribution in [0.2, 0.25) is 0 Å². The second-order valence-electron chi connectivity index (χ2n) is 3.57. The van der Waals surface area contributed by atoms with Gasteiger partial charge in [0.05, 0.1) is 0 Å². The van der Waals surface area contributed by atoms with Crippen LogP contribution in [0.15, 0.2) is 0 Å². The molecule has 0 aromatic rings. The maximum atomic E-state index is 5.71. The van der Waals surface area contributed by atoms with Gasteiger partial charge in [0.2, 0.25) is 0 Å². The third kappa shape index (κ3) is 3.44. The van der Waals surface area contributed by atoms with Crippen molar-refractivity contribution in [3.8, 4) is 0 Å². The predicted molar refractivity (Wildman–Crippen MR) is 48.0 cm³/mol. The summed E-state index contributed by atoms with van der Waals surface area (Å²) in [5.41, 5.74) is 0. The van der Waals surface area contributed by atoms with Crippen LogP contribution in [0.5, 0.6) is 0 Å².